The molecule has 100 valence electrons. The smallest absolute Gasteiger partial charge is 0.213 e. The number of halogens is 2. The average molecular weight is 351 g/mol. The molecule has 0 bridgehead atoms. The Morgan fingerprint density at radius 2 is 2.10 bits per heavy atom. The van der Waals surface area contributed by atoms with Crippen LogP contribution in [0.15, 0.2) is 41.3 Å². The van der Waals surface area contributed by atoms with Crippen LogP contribution in [-0.2, 0) is 7.05 Å². The van der Waals surface area contributed by atoms with E-state index in [0.717, 1.165) is 15.4 Å². The van der Waals surface area contributed by atoms with Gasteiger partial charge in [-0.1, -0.05) is 33.6 Å². The van der Waals surface area contributed by atoms with Crippen LogP contribution < -0.4 is 0 Å². The Morgan fingerprint density at radius 1 is 1.30 bits per heavy atom. The van der Waals surface area contributed by atoms with Crippen molar-refractivity contribution in [2.45, 2.75) is 0 Å². The third-order valence-electron chi connectivity index (χ3n) is 3.06. The van der Waals surface area contributed by atoms with Gasteiger partial charge in [-0.3, -0.25) is 4.79 Å². The summed E-state index contributed by atoms with van der Waals surface area (Å²) in [5.41, 5.74) is 1.87. The van der Waals surface area contributed by atoms with Gasteiger partial charge in [0.15, 0.2) is 0 Å². The number of aromatic nitrogens is 3. The minimum Gasteiger partial charge on any atom is -0.350 e. The van der Waals surface area contributed by atoms with Crippen molar-refractivity contribution in [3.63, 3.8) is 0 Å². The molecule has 0 aliphatic carbocycles. The first-order valence-corrected chi connectivity index (χ1v) is 7.00. The Bertz CT molecular complexity index is 828. The van der Waals surface area contributed by atoms with Crippen molar-refractivity contribution in [3.8, 4) is 0 Å². The van der Waals surface area contributed by atoms with E-state index in [1.54, 1.807) is 6.20 Å². The van der Waals surface area contributed by atoms with Crippen LogP contribution >= 0.6 is 27.5 Å². The summed E-state index contributed by atoms with van der Waals surface area (Å²) < 4.78 is 2.88. The van der Waals surface area contributed by atoms with Crippen LogP contribution in [0.2, 0.25) is 5.15 Å². The van der Waals surface area contributed by atoms with Gasteiger partial charge in [0.25, 0.3) is 0 Å². The van der Waals surface area contributed by atoms with Crippen molar-refractivity contribution in [1.29, 1.82) is 0 Å². The van der Waals surface area contributed by atoms with E-state index in [9.17, 15) is 4.79 Å². The van der Waals surface area contributed by atoms with Gasteiger partial charge in [0.2, 0.25) is 5.78 Å². The molecule has 0 saturated carbocycles. The van der Waals surface area contributed by atoms with Crippen LogP contribution in [0.25, 0.3) is 10.9 Å². The highest BCUT2D eigenvalue weighted by molar-refractivity contribution is 9.10. The third-order valence-corrected chi connectivity index (χ3v) is 3.76. The highest BCUT2D eigenvalue weighted by atomic mass is 79.9. The van der Waals surface area contributed by atoms with Crippen molar-refractivity contribution >= 4 is 44.2 Å². The predicted octanol–water partition coefficient (Wildman–Crippen LogP) is 3.62. The molecular formula is C14H9BrClN3O. The molecule has 4 nitrogen and oxygen atoms in total. The second-order valence-corrected chi connectivity index (χ2v) is 5.67. The number of carbonyl (C=O) groups excluding carboxylic acids is 1. The van der Waals surface area contributed by atoms with Crippen LogP contribution in [0.1, 0.15) is 16.1 Å². The van der Waals surface area contributed by atoms with E-state index in [1.807, 2.05) is 29.8 Å². The zero-order valence-electron chi connectivity index (χ0n) is 10.5. The Morgan fingerprint density at radius 3 is 2.85 bits per heavy atom. The highest BCUT2D eigenvalue weighted by Gasteiger charge is 2.17. The molecule has 0 atom stereocenters. The van der Waals surface area contributed by atoms with Crippen molar-refractivity contribution in [1.82, 2.24) is 14.5 Å². The summed E-state index contributed by atoms with van der Waals surface area (Å²) in [5.74, 6) is -0.165. The molecule has 0 aliphatic rings. The SMILES string of the molecule is Cn1cc(C(=O)c2cc(Cl)ncn2)c2ccc(Br)cc21. The highest BCUT2D eigenvalue weighted by Crippen LogP contribution is 2.26. The maximum absolute atomic E-state index is 12.5. The van der Waals surface area contributed by atoms with Gasteiger partial charge in [-0.15, -0.1) is 0 Å². The molecule has 2 aromatic heterocycles. The largest absolute Gasteiger partial charge is 0.350 e. The quantitative estimate of drug-likeness (QED) is 0.524. The summed E-state index contributed by atoms with van der Waals surface area (Å²) in [6.45, 7) is 0. The van der Waals surface area contributed by atoms with Gasteiger partial charge in [-0.2, -0.15) is 0 Å². The zero-order chi connectivity index (χ0) is 14.3. The Balaban J connectivity index is 2.17. The zero-order valence-corrected chi connectivity index (χ0v) is 12.8. The summed E-state index contributed by atoms with van der Waals surface area (Å²) >= 11 is 9.24. The van der Waals surface area contributed by atoms with E-state index in [-0.39, 0.29) is 10.9 Å². The fourth-order valence-corrected chi connectivity index (χ4v) is 2.63. The molecule has 3 rings (SSSR count). The molecule has 0 fully saturated rings. The van der Waals surface area contributed by atoms with Crippen LogP contribution in [0.4, 0.5) is 0 Å². The molecule has 20 heavy (non-hydrogen) atoms. The standard InChI is InChI=1S/C14H9BrClN3O/c1-19-6-10(9-3-2-8(15)4-12(9)19)14(20)11-5-13(16)18-7-17-11/h2-7H,1H3. The maximum Gasteiger partial charge on any atom is 0.213 e. The molecule has 0 spiro atoms. The maximum atomic E-state index is 12.5. The first-order valence-electron chi connectivity index (χ1n) is 5.83. The van der Waals surface area contributed by atoms with Gasteiger partial charge in [0.1, 0.15) is 17.2 Å². The topological polar surface area (TPSA) is 47.8 Å². The number of benzene rings is 1. The molecule has 0 saturated heterocycles. The molecule has 0 amide bonds. The second-order valence-electron chi connectivity index (χ2n) is 4.37. The van der Waals surface area contributed by atoms with Crippen molar-refractivity contribution in [3.05, 3.63) is 57.7 Å². The normalized spacial score (nSPS) is 10.9. The van der Waals surface area contributed by atoms with E-state index >= 15 is 0 Å². The molecule has 0 aliphatic heterocycles. The third kappa shape index (κ3) is 2.23. The number of fused-ring (bicyclic) bond motifs is 1. The van der Waals surface area contributed by atoms with Gasteiger partial charge in [0, 0.05) is 40.2 Å². The predicted molar refractivity (Wildman–Crippen MR) is 81.1 cm³/mol. The lowest BCUT2D eigenvalue weighted by atomic mass is 10.1. The number of hydrogen-bond acceptors (Lipinski definition) is 3. The number of carbonyl (C=O) groups is 1. The molecule has 3 aromatic rings. The first kappa shape index (κ1) is 13.3. The van der Waals surface area contributed by atoms with Crippen molar-refractivity contribution in [2.24, 2.45) is 7.05 Å². The molecular weight excluding hydrogens is 342 g/mol. The van der Waals surface area contributed by atoms with E-state index in [0.29, 0.717) is 11.3 Å². The lowest BCUT2D eigenvalue weighted by Gasteiger charge is -1.99. The number of rotatable bonds is 2. The fourth-order valence-electron chi connectivity index (χ4n) is 2.13. The Kier molecular flexibility index (Phi) is 3.31. The minimum absolute atomic E-state index is 0.165. The molecule has 0 unspecified atom stereocenters. The number of aryl methyl sites for hydroxylation is 1. The molecule has 6 heteroatoms. The van der Waals surface area contributed by atoms with E-state index < -0.39 is 0 Å². The van der Waals surface area contributed by atoms with Gasteiger partial charge in [0.05, 0.1) is 0 Å². The average Bonchev–Trinajstić information content (AvgIpc) is 2.75. The van der Waals surface area contributed by atoms with Gasteiger partial charge in [-0.05, 0) is 12.1 Å². The van der Waals surface area contributed by atoms with Crippen molar-refractivity contribution < 1.29 is 4.79 Å². The van der Waals surface area contributed by atoms with E-state index in [4.69, 9.17) is 11.6 Å². The number of ketones is 1. The lowest BCUT2D eigenvalue weighted by molar-refractivity contribution is 0.103. The minimum atomic E-state index is -0.165. The summed E-state index contributed by atoms with van der Waals surface area (Å²) in [7, 11) is 1.90. The monoisotopic (exact) mass is 349 g/mol. The van der Waals surface area contributed by atoms with Gasteiger partial charge >= 0.3 is 0 Å². The fraction of sp³-hybridized carbons (Fsp3) is 0.0714. The summed E-state index contributed by atoms with van der Waals surface area (Å²) in [6, 6.07) is 7.27. The van der Waals surface area contributed by atoms with E-state index in [2.05, 4.69) is 25.9 Å². The van der Waals surface area contributed by atoms with Gasteiger partial charge < -0.3 is 4.57 Å². The van der Waals surface area contributed by atoms with Crippen molar-refractivity contribution in [2.75, 3.05) is 0 Å². The van der Waals surface area contributed by atoms with E-state index in [1.165, 1.54) is 12.4 Å². The van der Waals surface area contributed by atoms with Crippen LogP contribution in [0, 0.1) is 0 Å². The van der Waals surface area contributed by atoms with Crippen LogP contribution in [0.3, 0.4) is 0 Å². The summed E-state index contributed by atoms with van der Waals surface area (Å²) in [6.07, 6.45) is 3.09. The summed E-state index contributed by atoms with van der Waals surface area (Å²) in [4.78, 5) is 20.3. The summed E-state index contributed by atoms with van der Waals surface area (Å²) in [5, 5.41) is 1.14. The molecule has 1 aromatic carbocycles. The lowest BCUT2D eigenvalue weighted by Crippen LogP contribution is -2.03. The van der Waals surface area contributed by atoms with Crippen LogP contribution in [0.5, 0.6) is 0 Å². The van der Waals surface area contributed by atoms with Crippen LogP contribution in [-0.4, -0.2) is 20.3 Å². The van der Waals surface area contributed by atoms with Gasteiger partial charge in [-0.25, -0.2) is 9.97 Å². The molecule has 0 N–H and O–H groups in total. The first-order chi connectivity index (χ1) is 9.56. The second kappa shape index (κ2) is 5.00. The Labute approximate surface area is 128 Å². The molecule has 0 radical (unpaired) electrons. The molecule has 2 heterocycles. The number of hydrogen-bond donors (Lipinski definition) is 0. The Hall–Kier alpha value is -1.72. The number of nitrogens with zero attached hydrogens (tertiary/aromatic N) is 3.